The molecule has 0 radical (unpaired) electrons. The Morgan fingerprint density at radius 2 is 0.886 bits per heavy atom. The van der Waals surface area contributed by atoms with Crippen LogP contribution in [-0.2, 0) is 4.74 Å². The molecule has 212 valence electrons. The SMILES string of the molecule is CCCOCCC(C)CCC(F)(F)C(F)(F)C(F)(F)C(F)(F)C(F)(F)C(F)(F)C(F)(F)C(F)(F)F. The van der Waals surface area contributed by atoms with Crippen molar-refractivity contribution in [3.05, 3.63) is 0 Å². The second-order valence-corrected chi connectivity index (χ2v) is 7.69. The normalized spacial score (nSPS) is 16.5. The molecular formula is C17H19F17O. The molecule has 0 aromatic carbocycles. The summed E-state index contributed by atoms with van der Waals surface area (Å²) >= 11 is 0. The molecule has 1 unspecified atom stereocenters. The van der Waals surface area contributed by atoms with Crippen molar-refractivity contribution in [2.24, 2.45) is 5.92 Å². The van der Waals surface area contributed by atoms with Crippen LogP contribution < -0.4 is 0 Å². The number of ether oxygens (including phenoxy) is 1. The first kappa shape index (κ1) is 33.8. The lowest BCUT2D eigenvalue weighted by molar-refractivity contribution is -0.461. The van der Waals surface area contributed by atoms with E-state index in [9.17, 15) is 74.6 Å². The molecule has 18 heteroatoms. The summed E-state index contributed by atoms with van der Waals surface area (Å²) in [6, 6.07) is 0. The summed E-state index contributed by atoms with van der Waals surface area (Å²) in [6.07, 6.45) is -10.9. The van der Waals surface area contributed by atoms with Crippen LogP contribution in [0.1, 0.15) is 39.5 Å². The number of rotatable bonds is 14. The first-order valence-corrected chi connectivity index (χ1v) is 9.49. The Labute approximate surface area is 187 Å². The topological polar surface area (TPSA) is 9.23 Å². The van der Waals surface area contributed by atoms with Crippen molar-refractivity contribution in [3.63, 3.8) is 0 Å². The minimum atomic E-state index is -8.59. The van der Waals surface area contributed by atoms with E-state index in [2.05, 4.69) is 0 Å². The van der Waals surface area contributed by atoms with Crippen molar-refractivity contribution in [2.75, 3.05) is 13.2 Å². The van der Waals surface area contributed by atoms with Crippen LogP contribution in [0, 0.1) is 5.92 Å². The van der Waals surface area contributed by atoms with Gasteiger partial charge in [-0.25, -0.2) is 0 Å². The van der Waals surface area contributed by atoms with Gasteiger partial charge in [-0.05, 0) is 25.2 Å². The van der Waals surface area contributed by atoms with E-state index in [1.807, 2.05) is 0 Å². The molecule has 1 atom stereocenters. The maximum absolute atomic E-state index is 13.8. The van der Waals surface area contributed by atoms with Gasteiger partial charge < -0.3 is 4.74 Å². The fraction of sp³-hybridized carbons (Fsp3) is 1.00. The van der Waals surface area contributed by atoms with Gasteiger partial charge in [0.15, 0.2) is 0 Å². The van der Waals surface area contributed by atoms with Gasteiger partial charge in [0, 0.05) is 19.6 Å². The third kappa shape index (κ3) is 5.70. The van der Waals surface area contributed by atoms with Crippen LogP contribution >= 0.6 is 0 Å². The highest BCUT2D eigenvalue weighted by Gasteiger charge is 2.95. The quantitative estimate of drug-likeness (QED) is 0.153. The van der Waals surface area contributed by atoms with Crippen molar-refractivity contribution >= 4 is 0 Å². The molecular weight excluding hydrogens is 543 g/mol. The highest BCUT2D eigenvalue weighted by molar-refractivity contribution is 5.15. The van der Waals surface area contributed by atoms with Crippen LogP contribution in [0.2, 0.25) is 0 Å². The summed E-state index contributed by atoms with van der Waals surface area (Å²) in [7, 11) is 0. The molecule has 0 saturated carbocycles. The summed E-state index contributed by atoms with van der Waals surface area (Å²) in [5.74, 6) is -56.9. The average molecular weight is 562 g/mol. The fourth-order valence-corrected chi connectivity index (χ4v) is 2.46. The predicted molar refractivity (Wildman–Crippen MR) is 84.8 cm³/mol. The number of halogens is 17. The van der Waals surface area contributed by atoms with Crippen LogP contribution in [0.25, 0.3) is 0 Å². The molecule has 0 saturated heterocycles. The molecule has 0 amide bonds. The largest absolute Gasteiger partial charge is 0.460 e. The molecule has 0 aromatic rings. The highest BCUT2D eigenvalue weighted by atomic mass is 19.4. The zero-order valence-electron chi connectivity index (χ0n) is 17.7. The van der Waals surface area contributed by atoms with Crippen molar-refractivity contribution in [1.29, 1.82) is 0 Å². The van der Waals surface area contributed by atoms with Crippen molar-refractivity contribution in [2.45, 2.75) is 87.2 Å². The predicted octanol–water partition coefficient (Wildman–Crippen LogP) is 8.23. The Morgan fingerprint density at radius 1 is 0.514 bits per heavy atom. The van der Waals surface area contributed by atoms with E-state index < -0.39 is 66.4 Å². The Balaban J connectivity index is 6.08. The van der Waals surface area contributed by atoms with Gasteiger partial charge in [0.1, 0.15) is 0 Å². The zero-order valence-corrected chi connectivity index (χ0v) is 17.7. The standard InChI is InChI=1S/C17H19F17O/c1-3-7-35-8-5-9(2)4-6-10(18,19)11(20,21)12(22,23)13(24,25)14(26,27)15(28,29)16(30,31)17(32,33)34/h9H,3-8H2,1-2H3. The number of hydrogen-bond acceptors (Lipinski definition) is 1. The molecule has 0 heterocycles. The van der Waals surface area contributed by atoms with E-state index in [0.29, 0.717) is 6.42 Å². The smallest absolute Gasteiger partial charge is 0.381 e. The molecule has 0 aromatic heterocycles. The van der Waals surface area contributed by atoms with Gasteiger partial charge in [-0.3, -0.25) is 0 Å². The molecule has 0 spiro atoms. The van der Waals surface area contributed by atoms with Crippen LogP contribution in [0.15, 0.2) is 0 Å². The van der Waals surface area contributed by atoms with Gasteiger partial charge in [-0.15, -0.1) is 0 Å². The Bertz CT molecular complexity index is 683. The van der Waals surface area contributed by atoms with Crippen LogP contribution in [-0.4, -0.2) is 60.8 Å². The molecule has 0 aliphatic heterocycles. The Morgan fingerprint density at radius 3 is 1.26 bits per heavy atom. The summed E-state index contributed by atoms with van der Waals surface area (Å²) in [5, 5.41) is 0. The molecule has 0 aliphatic carbocycles. The Kier molecular flexibility index (Phi) is 9.90. The zero-order chi connectivity index (χ0) is 28.5. The van der Waals surface area contributed by atoms with Crippen LogP contribution in [0.3, 0.4) is 0 Å². The molecule has 0 rings (SSSR count). The minimum Gasteiger partial charge on any atom is -0.381 e. The number of hydrogen-bond donors (Lipinski definition) is 0. The van der Waals surface area contributed by atoms with E-state index in [4.69, 9.17) is 4.74 Å². The number of alkyl halides is 17. The van der Waals surface area contributed by atoms with E-state index >= 15 is 0 Å². The third-order valence-corrected chi connectivity index (χ3v) is 4.84. The lowest BCUT2D eigenvalue weighted by Crippen LogP contribution is -2.74. The van der Waals surface area contributed by atoms with Gasteiger partial charge in [-0.2, -0.15) is 74.6 Å². The van der Waals surface area contributed by atoms with Crippen molar-refractivity contribution < 1.29 is 79.4 Å². The molecule has 0 fully saturated rings. The van der Waals surface area contributed by atoms with Gasteiger partial charge >= 0.3 is 47.6 Å². The highest BCUT2D eigenvalue weighted by Crippen LogP contribution is 2.64. The Hall–Kier alpha value is -1.23. The lowest BCUT2D eigenvalue weighted by atomic mass is 9.87. The van der Waals surface area contributed by atoms with E-state index in [1.54, 1.807) is 6.92 Å². The van der Waals surface area contributed by atoms with Gasteiger partial charge in [-0.1, -0.05) is 13.8 Å². The lowest BCUT2D eigenvalue weighted by Gasteiger charge is -2.43. The van der Waals surface area contributed by atoms with Crippen LogP contribution in [0.5, 0.6) is 0 Å². The van der Waals surface area contributed by atoms with Crippen molar-refractivity contribution in [1.82, 2.24) is 0 Å². The van der Waals surface area contributed by atoms with Crippen molar-refractivity contribution in [3.8, 4) is 0 Å². The van der Waals surface area contributed by atoms with Gasteiger partial charge in [0.25, 0.3) is 0 Å². The fourth-order valence-electron chi connectivity index (χ4n) is 2.46. The van der Waals surface area contributed by atoms with Crippen LogP contribution in [0.4, 0.5) is 74.6 Å². The maximum atomic E-state index is 13.8. The molecule has 35 heavy (non-hydrogen) atoms. The van der Waals surface area contributed by atoms with Gasteiger partial charge in [0.05, 0.1) is 0 Å². The monoisotopic (exact) mass is 562 g/mol. The second-order valence-electron chi connectivity index (χ2n) is 7.69. The third-order valence-electron chi connectivity index (χ3n) is 4.84. The van der Waals surface area contributed by atoms with Gasteiger partial charge in [0.2, 0.25) is 0 Å². The van der Waals surface area contributed by atoms with E-state index in [0.717, 1.165) is 6.92 Å². The van der Waals surface area contributed by atoms with E-state index in [1.165, 1.54) is 0 Å². The average Bonchev–Trinajstić information content (AvgIpc) is 2.67. The summed E-state index contributed by atoms with van der Waals surface area (Å²) in [4.78, 5) is 0. The molecule has 0 aliphatic rings. The maximum Gasteiger partial charge on any atom is 0.460 e. The first-order valence-electron chi connectivity index (χ1n) is 9.49. The summed E-state index contributed by atoms with van der Waals surface area (Å²) in [6.45, 7) is 2.81. The summed E-state index contributed by atoms with van der Waals surface area (Å²) < 4.78 is 229. The van der Waals surface area contributed by atoms with E-state index in [-0.39, 0.29) is 19.6 Å². The molecule has 0 N–H and O–H groups in total. The molecule has 1 nitrogen and oxygen atoms in total. The first-order chi connectivity index (χ1) is 15.2. The second kappa shape index (κ2) is 10.3. The molecule has 0 bridgehead atoms. The summed E-state index contributed by atoms with van der Waals surface area (Å²) in [5.41, 5.74) is 0. The minimum absolute atomic E-state index is 0.139.